The molecule has 0 aliphatic heterocycles. The van der Waals surface area contributed by atoms with Crippen molar-refractivity contribution in [3.63, 3.8) is 0 Å². The van der Waals surface area contributed by atoms with E-state index in [0.717, 1.165) is 11.1 Å². The number of aryl methyl sites for hydroxylation is 2. The van der Waals surface area contributed by atoms with Crippen LogP contribution < -0.4 is 5.32 Å². The van der Waals surface area contributed by atoms with Gasteiger partial charge in [-0.1, -0.05) is 23.5 Å². The number of hydrogen-bond acceptors (Lipinski definition) is 3. The van der Waals surface area contributed by atoms with Crippen LogP contribution in [-0.2, 0) is 6.54 Å². The van der Waals surface area contributed by atoms with Gasteiger partial charge >= 0.3 is 0 Å². The molecule has 3 nitrogen and oxygen atoms in total. The largest absolute Gasteiger partial charge is 0.384 e. The zero-order valence-electron chi connectivity index (χ0n) is 12.1. The van der Waals surface area contributed by atoms with E-state index in [1.54, 1.807) is 11.3 Å². The molecule has 0 bridgehead atoms. The Hall–Kier alpha value is -2.09. The Balaban J connectivity index is 2.18. The molecule has 1 aromatic carbocycles. The highest BCUT2D eigenvalue weighted by Crippen LogP contribution is 2.14. The molecular formula is C17H17NO2S. The van der Waals surface area contributed by atoms with Crippen LogP contribution in [-0.4, -0.2) is 17.6 Å². The third kappa shape index (κ3) is 3.94. The lowest BCUT2D eigenvalue weighted by molar-refractivity contribution is 0.0950. The van der Waals surface area contributed by atoms with Gasteiger partial charge in [-0.2, -0.15) is 11.3 Å². The summed E-state index contributed by atoms with van der Waals surface area (Å²) in [5.74, 6) is 5.26. The molecule has 0 fully saturated rings. The second-order valence-electron chi connectivity index (χ2n) is 4.77. The van der Waals surface area contributed by atoms with E-state index in [-0.39, 0.29) is 12.5 Å². The fourth-order valence-electron chi connectivity index (χ4n) is 1.93. The molecule has 0 aliphatic rings. The Labute approximate surface area is 128 Å². The number of aliphatic hydroxyl groups excluding tert-OH is 1. The van der Waals surface area contributed by atoms with Gasteiger partial charge in [0.05, 0.1) is 5.56 Å². The van der Waals surface area contributed by atoms with Crippen molar-refractivity contribution in [3.05, 3.63) is 56.8 Å². The van der Waals surface area contributed by atoms with Crippen molar-refractivity contribution in [2.24, 2.45) is 0 Å². The molecule has 108 valence electrons. The van der Waals surface area contributed by atoms with Crippen molar-refractivity contribution >= 4 is 17.2 Å². The average Bonchev–Trinajstić information content (AvgIpc) is 2.88. The molecule has 0 radical (unpaired) electrons. The van der Waals surface area contributed by atoms with E-state index in [1.807, 2.05) is 37.4 Å². The molecule has 2 aromatic rings. The van der Waals surface area contributed by atoms with Crippen LogP contribution in [0.1, 0.15) is 32.6 Å². The van der Waals surface area contributed by atoms with Gasteiger partial charge in [0.1, 0.15) is 6.61 Å². The summed E-state index contributed by atoms with van der Waals surface area (Å²) < 4.78 is 0. The molecule has 2 rings (SSSR count). The number of thiophene rings is 1. The molecule has 0 aliphatic carbocycles. The van der Waals surface area contributed by atoms with E-state index in [1.165, 1.54) is 5.56 Å². The fourth-order valence-corrected chi connectivity index (χ4v) is 2.79. The molecule has 1 aromatic heterocycles. The molecule has 1 heterocycles. The lowest BCUT2D eigenvalue weighted by atomic mass is 10.0. The molecule has 0 unspecified atom stereocenters. The Morgan fingerprint density at radius 3 is 2.81 bits per heavy atom. The quantitative estimate of drug-likeness (QED) is 0.856. The minimum Gasteiger partial charge on any atom is -0.384 e. The molecule has 0 saturated carbocycles. The van der Waals surface area contributed by atoms with E-state index in [4.69, 9.17) is 5.11 Å². The van der Waals surface area contributed by atoms with Crippen LogP contribution >= 0.6 is 11.3 Å². The summed E-state index contributed by atoms with van der Waals surface area (Å²) in [6, 6.07) is 5.53. The van der Waals surface area contributed by atoms with E-state index < -0.39 is 0 Å². The number of benzene rings is 1. The van der Waals surface area contributed by atoms with Crippen molar-refractivity contribution < 1.29 is 9.90 Å². The maximum absolute atomic E-state index is 12.3. The van der Waals surface area contributed by atoms with Crippen molar-refractivity contribution in [3.8, 4) is 11.8 Å². The van der Waals surface area contributed by atoms with Crippen molar-refractivity contribution in [1.29, 1.82) is 0 Å². The van der Waals surface area contributed by atoms with Crippen LogP contribution in [0, 0.1) is 25.7 Å². The lowest BCUT2D eigenvalue weighted by Crippen LogP contribution is -2.24. The Kier molecular flexibility index (Phi) is 5.15. The summed E-state index contributed by atoms with van der Waals surface area (Å²) in [7, 11) is 0. The van der Waals surface area contributed by atoms with Gasteiger partial charge in [0, 0.05) is 12.1 Å². The van der Waals surface area contributed by atoms with Gasteiger partial charge in [-0.3, -0.25) is 4.79 Å². The van der Waals surface area contributed by atoms with Crippen molar-refractivity contribution in [2.75, 3.05) is 6.61 Å². The minimum atomic E-state index is -0.219. The summed E-state index contributed by atoms with van der Waals surface area (Å²) in [5, 5.41) is 15.8. The first-order chi connectivity index (χ1) is 10.1. The predicted molar refractivity (Wildman–Crippen MR) is 85.4 cm³/mol. The molecule has 21 heavy (non-hydrogen) atoms. The van der Waals surface area contributed by atoms with Gasteiger partial charge < -0.3 is 10.4 Å². The van der Waals surface area contributed by atoms with E-state index >= 15 is 0 Å². The number of amides is 1. The first-order valence-corrected chi connectivity index (χ1v) is 7.56. The summed E-state index contributed by atoms with van der Waals surface area (Å²) in [5.41, 5.74) is 4.49. The number of carbonyl (C=O) groups excluding carboxylic acids is 1. The monoisotopic (exact) mass is 299 g/mol. The number of carbonyl (C=O) groups is 1. The normalized spacial score (nSPS) is 9.86. The number of rotatable bonds is 3. The van der Waals surface area contributed by atoms with Gasteiger partial charge in [-0.05, 0) is 47.9 Å². The van der Waals surface area contributed by atoms with Crippen molar-refractivity contribution in [2.45, 2.75) is 20.4 Å². The van der Waals surface area contributed by atoms with Crippen LogP contribution in [0.15, 0.2) is 29.0 Å². The molecule has 1 amide bonds. The van der Waals surface area contributed by atoms with Crippen LogP contribution in [0.5, 0.6) is 0 Å². The first-order valence-electron chi connectivity index (χ1n) is 6.62. The summed E-state index contributed by atoms with van der Waals surface area (Å²) in [6.45, 7) is 4.25. The molecule has 2 N–H and O–H groups in total. The van der Waals surface area contributed by atoms with E-state index in [0.29, 0.717) is 17.7 Å². The second kappa shape index (κ2) is 7.07. The van der Waals surface area contributed by atoms with Crippen LogP contribution in [0.4, 0.5) is 0 Å². The highest BCUT2D eigenvalue weighted by molar-refractivity contribution is 7.08. The van der Waals surface area contributed by atoms with Gasteiger partial charge in [0.25, 0.3) is 5.91 Å². The van der Waals surface area contributed by atoms with Gasteiger partial charge in [-0.15, -0.1) is 0 Å². The maximum atomic E-state index is 12.3. The summed E-state index contributed by atoms with van der Waals surface area (Å²) in [4.78, 5) is 12.3. The summed E-state index contributed by atoms with van der Waals surface area (Å²) >= 11 is 1.63. The first kappa shape index (κ1) is 15.3. The van der Waals surface area contributed by atoms with Gasteiger partial charge in [0.15, 0.2) is 0 Å². The Morgan fingerprint density at radius 2 is 2.14 bits per heavy atom. The lowest BCUT2D eigenvalue weighted by Gasteiger charge is -2.08. The van der Waals surface area contributed by atoms with Crippen molar-refractivity contribution in [1.82, 2.24) is 5.32 Å². The SMILES string of the molecule is Cc1ccc(C#CCO)c(C(=O)NCc2cscc2C)c1. The maximum Gasteiger partial charge on any atom is 0.252 e. The molecule has 0 spiro atoms. The fraction of sp³-hybridized carbons (Fsp3) is 0.235. The van der Waals surface area contributed by atoms with Gasteiger partial charge in [-0.25, -0.2) is 0 Å². The van der Waals surface area contributed by atoms with E-state index in [9.17, 15) is 4.79 Å². The smallest absolute Gasteiger partial charge is 0.252 e. The third-order valence-electron chi connectivity index (χ3n) is 3.12. The minimum absolute atomic E-state index is 0.147. The molecule has 0 atom stereocenters. The Bertz CT molecular complexity index is 707. The highest BCUT2D eigenvalue weighted by atomic mass is 32.1. The number of hydrogen-bond donors (Lipinski definition) is 2. The van der Waals surface area contributed by atoms with Crippen LogP contribution in [0.3, 0.4) is 0 Å². The molecule has 4 heteroatoms. The zero-order chi connectivity index (χ0) is 15.2. The van der Waals surface area contributed by atoms with Gasteiger partial charge in [0.2, 0.25) is 0 Å². The predicted octanol–water partition coefficient (Wildman–Crippen LogP) is 2.64. The standard InChI is InChI=1S/C17H17NO2S/c1-12-5-6-14(4-3-7-19)16(8-12)17(20)18-9-15-11-21-10-13(15)2/h5-6,8,10-11,19H,7,9H2,1-2H3,(H,18,20). The molecule has 0 saturated heterocycles. The Morgan fingerprint density at radius 1 is 1.33 bits per heavy atom. The van der Waals surface area contributed by atoms with Crippen LogP contribution in [0.25, 0.3) is 0 Å². The third-order valence-corrected chi connectivity index (χ3v) is 4.03. The molecular weight excluding hydrogens is 282 g/mol. The van der Waals surface area contributed by atoms with E-state index in [2.05, 4.69) is 22.5 Å². The topological polar surface area (TPSA) is 49.3 Å². The second-order valence-corrected chi connectivity index (χ2v) is 5.52. The summed E-state index contributed by atoms with van der Waals surface area (Å²) in [6.07, 6.45) is 0. The number of nitrogens with one attached hydrogen (secondary N) is 1. The number of aliphatic hydroxyl groups is 1. The zero-order valence-corrected chi connectivity index (χ0v) is 12.9. The highest BCUT2D eigenvalue weighted by Gasteiger charge is 2.11. The average molecular weight is 299 g/mol. The van der Waals surface area contributed by atoms with Crippen LogP contribution in [0.2, 0.25) is 0 Å².